The van der Waals surface area contributed by atoms with E-state index in [1.54, 1.807) is 24.3 Å². The van der Waals surface area contributed by atoms with Crippen LogP contribution in [-0.4, -0.2) is 42.6 Å². The summed E-state index contributed by atoms with van der Waals surface area (Å²) in [6.45, 7) is 4.64. The minimum atomic E-state index is -0.286. The number of nitriles is 1. The van der Waals surface area contributed by atoms with Gasteiger partial charge in [-0.2, -0.15) is 5.26 Å². The van der Waals surface area contributed by atoms with Gasteiger partial charge in [0.15, 0.2) is 0 Å². The van der Waals surface area contributed by atoms with Gasteiger partial charge in [0.25, 0.3) is 0 Å². The van der Waals surface area contributed by atoms with Crippen LogP contribution in [0.15, 0.2) is 24.3 Å². The van der Waals surface area contributed by atoms with E-state index in [1.165, 1.54) is 0 Å². The number of anilines is 1. The second-order valence-electron chi connectivity index (χ2n) is 5.42. The average molecular weight is 287 g/mol. The monoisotopic (exact) mass is 287 g/mol. The maximum Gasteiger partial charge on any atom is 0.241 e. The molecule has 0 aromatic heterocycles. The van der Waals surface area contributed by atoms with Crippen LogP contribution in [0.4, 0.5) is 5.69 Å². The van der Waals surface area contributed by atoms with Crippen LogP contribution in [-0.2, 0) is 9.53 Å². The van der Waals surface area contributed by atoms with Gasteiger partial charge in [-0.25, -0.2) is 0 Å². The van der Waals surface area contributed by atoms with E-state index < -0.39 is 0 Å². The van der Waals surface area contributed by atoms with Crippen molar-refractivity contribution in [3.8, 4) is 6.07 Å². The average Bonchev–Trinajstić information content (AvgIpc) is 2.92. The van der Waals surface area contributed by atoms with Gasteiger partial charge in [-0.1, -0.05) is 12.1 Å². The Morgan fingerprint density at radius 1 is 1.52 bits per heavy atom. The Bertz CT molecular complexity index is 553. The van der Waals surface area contributed by atoms with E-state index in [-0.39, 0.29) is 24.1 Å². The molecule has 112 valence electrons. The van der Waals surface area contributed by atoms with Crippen molar-refractivity contribution < 1.29 is 9.53 Å². The minimum Gasteiger partial charge on any atom is -0.377 e. The molecule has 21 heavy (non-hydrogen) atoms. The molecule has 1 aliphatic rings. The van der Waals surface area contributed by atoms with Gasteiger partial charge < -0.3 is 10.1 Å². The first-order valence-electron chi connectivity index (χ1n) is 7.18. The molecule has 3 unspecified atom stereocenters. The first-order chi connectivity index (χ1) is 10.0. The summed E-state index contributed by atoms with van der Waals surface area (Å²) in [5, 5.41) is 11.9. The van der Waals surface area contributed by atoms with Crippen molar-refractivity contribution in [3.05, 3.63) is 29.8 Å². The molecule has 1 aliphatic heterocycles. The summed E-state index contributed by atoms with van der Waals surface area (Å²) >= 11 is 0. The van der Waals surface area contributed by atoms with Gasteiger partial charge in [0, 0.05) is 12.6 Å². The summed E-state index contributed by atoms with van der Waals surface area (Å²) in [5.41, 5.74) is 1.03. The van der Waals surface area contributed by atoms with Crippen LogP contribution >= 0.6 is 0 Å². The van der Waals surface area contributed by atoms with Crippen molar-refractivity contribution in [2.24, 2.45) is 0 Å². The van der Waals surface area contributed by atoms with Gasteiger partial charge in [-0.3, -0.25) is 9.69 Å². The van der Waals surface area contributed by atoms with Crippen LogP contribution in [0.1, 0.15) is 25.8 Å². The molecule has 0 aliphatic carbocycles. The summed E-state index contributed by atoms with van der Waals surface area (Å²) in [5.74, 6) is -0.112. The Kier molecular flexibility index (Phi) is 4.94. The number of benzene rings is 1. The number of hydrogen-bond acceptors (Lipinski definition) is 4. The third-order valence-corrected chi connectivity index (χ3v) is 4.16. The topological polar surface area (TPSA) is 65.4 Å². The van der Waals surface area contributed by atoms with Gasteiger partial charge in [-0.15, -0.1) is 0 Å². The Labute approximate surface area is 125 Å². The zero-order valence-electron chi connectivity index (χ0n) is 12.7. The molecule has 1 saturated heterocycles. The Morgan fingerprint density at radius 2 is 2.24 bits per heavy atom. The normalized spacial score (nSPS) is 22.8. The molecule has 5 nitrogen and oxygen atoms in total. The largest absolute Gasteiger partial charge is 0.377 e. The lowest BCUT2D eigenvalue weighted by Crippen LogP contribution is -2.47. The quantitative estimate of drug-likeness (QED) is 0.920. The molecule has 1 aromatic rings. The van der Waals surface area contributed by atoms with Crippen molar-refractivity contribution in [1.82, 2.24) is 4.90 Å². The van der Waals surface area contributed by atoms with E-state index in [0.29, 0.717) is 11.3 Å². The summed E-state index contributed by atoms with van der Waals surface area (Å²) < 4.78 is 5.55. The lowest BCUT2D eigenvalue weighted by Gasteiger charge is -2.31. The summed E-state index contributed by atoms with van der Waals surface area (Å²) in [7, 11) is 1.94. The third kappa shape index (κ3) is 3.41. The van der Waals surface area contributed by atoms with E-state index >= 15 is 0 Å². The van der Waals surface area contributed by atoms with Gasteiger partial charge in [0.2, 0.25) is 5.91 Å². The van der Waals surface area contributed by atoms with Crippen LogP contribution in [0.5, 0.6) is 0 Å². The van der Waals surface area contributed by atoms with Crippen LogP contribution < -0.4 is 5.32 Å². The molecule has 0 spiro atoms. The summed E-state index contributed by atoms with van der Waals surface area (Å²) in [6.07, 6.45) is 1.07. The van der Waals surface area contributed by atoms with E-state index in [9.17, 15) is 4.79 Å². The summed E-state index contributed by atoms with van der Waals surface area (Å²) in [6, 6.07) is 9.06. The number of para-hydroxylation sites is 1. The van der Waals surface area contributed by atoms with E-state index in [1.807, 2.05) is 25.8 Å². The Hall–Kier alpha value is -1.90. The molecule has 3 atom stereocenters. The van der Waals surface area contributed by atoms with E-state index in [0.717, 1.165) is 13.0 Å². The van der Waals surface area contributed by atoms with Crippen molar-refractivity contribution in [3.63, 3.8) is 0 Å². The molecule has 1 fully saturated rings. The maximum atomic E-state index is 12.4. The van der Waals surface area contributed by atoms with Crippen LogP contribution in [0.25, 0.3) is 0 Å². The lowest BCUT2D eigenvalue weighted by atomic mass is 10.1. The number of nitrogens with zero attached hydrogens (tertiary/aromatic N) is 2. The molecule has 1 N–H and O–H groups in total. The smallest absolute Gasteiger partial charge is 0.241 e. The number of amides is 1. The predicted molar refractivity (Wildman–Crippen MR) is 80.8 cm³/mol. The van der Waals surface area contributed by atoms with Crippen molar-refractivity contribution in [1.29, 1.82) is 5.26 Å². The van der Waals surface area contributed by atoms with E-state index in [2.05, 4.69) is 11.4 Å². The number of carbonyl (C=O) groups excluding carboxylic acids is 1. The Morgan fingerprint density at radius 3 is 2.86 bits per heavy atom. The zero-order valence-corrected chi connectivity index (χ0v) is 12.7. The SMILES string of the molecule is CC1OCCC1N(C)C(C)C(=O)Nc1ccccc1C#N. The molecule has 2 rings (SSSR count). The number of carbonyl (C=O) groups is 1. The molecular formula is C16H21N3O2. The van der Waals surface area contributed by atoms with Gasteiger partial charge in [0.1, 0.15) is 6.07 Å². The molecule has 0 bridgehead atoms. The van der Waals surface area contributed by atoms with Crippen LogP contribution in [0.3, 0.4) is 0 Å². The number of rotatable bonds is 4. The minimum absolute atomic E-state index is 0.112. The standard InChI is InChI=1S/C16H21N3O2/c1-11(19(3)15-8-9-21-12(15)2)16(20)18-14-7-5-4-6-13(14)10-17/h4-7,11-12,15H,8-9H2,1-3H3,(H,18,20). The molecule has 1 amide bonds. The lowest BCUT2D eigenvalue weighted by molar-refractivity contribution is -0.121. The van der Waals surface area contributed by atoms with Crippen molar-refractivity contribution in [2.75, 3.05) is 19.0 Å². The number of ether oxygens (including phenoxy) is 1. The van der Waals surface area contributed by atoms with Gasteiger partial charge >= 0.3 is 0 Å². The summed E-state index contributed by atoms with van der Waals surface area (Å²) in [4.78, 5) is 14.4. The fraction of sp³-hybridized carbons (Fsp3) is 0.500. The molecular weight excluding hydrogens is 266 g/mol. The molecule has 1 heterocycles. The number of hydrogen-bond donors (Lipinski definition) is 1. The Balaban J connectivity index is 2.04. The second kappa shape index (κ2) is 6.70. The third-order valence-electron chi connectivity index (χ3n) is 4.16. The first kappa shape index (κ1) is 15.5. The fourth-order valence-electron chi connectivity index (χ4n) is 2.65. The first-order valence-corrected chi connectivity index (χ1v) is 7.18. The maximum absolute atomic E-state index is 12.4. The highest BCUT2D eigenvalue weighted by molar-refractivity contribution is 5.95. The number of likely N-dealkylation sites (N-methyl/N-ethyl adjacent to an activating group) is 1. The highest BCUT2D eigenvalue weighted by Gasteiger charge is 2.32. The predicted octanol–water partition coefficient (Wildman–Crippen LogP) is 1.99. The highest BCUT2D eigenvalue weighted by atomic mass is 16.5. The molecule has 0 radical (unpaired) electrons. The highest BCUT2D eigenvalue weighted by Crippen LogP contribution is 2.21. The van der Waals surface area contributed by atoms with Crippen molar-refractivity contribution >= 4 is 11.6 Å². The van der Waals surface area contributed by atoms with Crippen LogP contribution in [0, 0.1) is 11.3 Å². The van der Waals surface area contributed by atoms with E-state index in [4.69, 9.17) is 10.00 Å². The molecule has 0 saturated carbocycles. The van der Waals surface area contributed by atoms with Crippen molar-refractivity contribution in [2.45, 2.75) is 38.5 Å². The molecule has 5 heteroatoms. The fourth-order valence-corrected chi connectivity index (χ4v) is 2.65. The van der Waals surface area contributed by atoms with Crippen LogP contribution in [0.2, 0.25) is 0 Å². The number of nitrogens with one attached hydrogen (secondary N) is 1. The zero-order chi connectivity index (χ0) is 15.4. The van der Waals surface area contributed by atoms with Gasteiger partial charge in [0.05, 0.1) is 23.4 Å². The second-order valence-corrected chi connectivity index (χ2v) is 5.42. The van der Waals surface area contributed by atoms with Gasteiger partial charge in [-0.05, 0) is 39.4 Å². The molecule has 1 aromatic carbocycles.